The molecule has 0 bridgehead atoms. The molecule has 0 spiro atoms. The van der Waals surface area contributed by atoms with Crippen LogP contribution in [0, 0.1) is 0 Å². The van der Waals surface area contributed by atoms with Gasteiger partial charge in [-0.15, -0.1) is 0 Å². The summed E-state index contributed by atoms with van der Waals surface area (Å²) < 4.78 is 0. The standard InChI is InChI=1S/C100H80N6S2/c1-99(2,3)75-39-45-85(46-40-75)105-91-59-37-73(65-95(91)107-97-67-89(57-61-93(97)105)103(87-43-35-69-23-19-21-25-71(69)63-87)83-53-49-81(50-54-83)101(77-27-11-7-12-28-77)78-29-13-8-14-30-78)74-38-60-92-96(66-74)108-98-68-90(58-62-94(98)106(92)86-47-41-76(42-48-86)100(4,5)6)104(88-44-36-70-24-20-22-26-72(70)64-88)84-55-51-82(52-56-84)102(79-31-15-9-16-32-79)80-33-17-10-18-34-80/h7-68H,1-6H3. The molecule has 2 heterocycles. The zero-order valence-corrected chi connectivity index (χ0v) is 62.9. The van der Waals surface area contributed by atoms with E-state index in [1.807, 2.05) is 23.5 Å². The number of rotatable bonds is 15. The van der Waals surface area contributed by atoms with Crippen molar-refractivity contribution in [2.75, 3.05) is 29.4 Å². The first-order chi connectivity index (χ1) is 52.8. The Morgan fingerprint density at radius 3 is 0.759 bits per heavy atom. The van der Waals surface area contributed by atoms with Crippen LogP contribution in [0.1, 0.15) is 52.7 Å². The third kappa shape index (κ3) is 13.1. The molecule has 0 saturated carbocycles. The van der Waals surface area contributed by atoms with E-state index in [0.717, 1.165) is 123 Å². The Balaban J connectivity index is 0.740. The Morgan fingerprint density at radius 1 is 0.204 bits per heavy atom. The highest BCUT2D eigenvalue weighted by molar-refractivity contribution is 8.00. The summed E-state index contributed by atoms with van der Waals surface area (Å²) in [5.74, 6) is 0. The third-order valence-electron chi connectivity index (χ3n) is 20.8. The molecule has 8 heteroatoms. The molecule has 0 aliphatic carbocycles. The van der Waals surface area contributed by atoms with Crippen LogP contribution >= 0.6 is 23.5 Å². The first-order valence-corrected chi connectivity index (χ1v) is 38.7. The lowest BCUT2D eigenvalue weighted by molar-refractivity contribution is 0.590. The van der Waals surface area contributed by atoms with Gasteiger partial charge in [0.2, 0.25) is 0 Å². The summed E-state index contributed by atoms with van der Waals surface area (Å²) in [6.07, 6.45) is 0. The minimum atomic E-state index is -0.00599. The molecule has 0 atom stereocenters. The molecule has 0 aromatic heterocycles. The monoisotopic (exact) mass is 1430 g/mol. The quantitative estimate of drug-likeness (QED) is 0.0999. The van der Waals surface area contributed by atoms with Gasteiger partial charge < -0.3 is 29.4 Å². The average Bonchev–Trinajstić information content (AvgIpc) is 0.742. The molecule has 522 valence electrons. The van der Waals surface area contributed by atoms with E-state index in [0.29, 0.717) is 0 Å². The molecule has 2 aliphatic rings. The first-order valence-electron chi connectivity index (χ1n) is 37.1. The maximum absolute atomic E-state index is 2.47. The summed E-state index contributed by atoms with van der Waals surface area (Å²) in [7, 11) is 0. The molecule has 16 aromatic carbocycles. The number of hydrogen-bond donors (Lipinski definition) is 0. The molecule has 0 fully saturated rings. The fourth-order valence-corrected chi connectivity index (χ4v) is 17.5. The van der Waals surface area contributed by atoms with Crippen LogP contribution in [0.25, 0.3) is 32.7 Å². The molecular weight excluding hydrogens is 1350 g/mol. The van der Waals surface area contributed by atoms with Crippen molar-refractivity contribution in [1.29, 1.82) is 0 Å². The maximum atomic E-state index is 2.47. The molecular formula is C100H80N6S2. The predicted octanol–water partition coefficient (Wildman–Crippen LogP) is 30.0. The summed E-state index contributed by atoms with van der Waals surface area (Å²) in [5, 5.41) is 4.77. The van der Waals surface area contributed by atoms with Gasteiger partial charge in [-0.05, 0) is 261 Å². The topological polar surface area (TPSA) is 19.4 Å². The van der Waals surface area contributed by atoms with Gasteiger partial charge >= 0.3 is 0 Å². The van der Waals surface area contributed by atoms with Crippen molar-refractivity contribution in [3.05, 3.63) is 387 Å². The van der Waals surface area contributed by atoms with Crippen molar-refractivity contribution in [1.82, 2.24) is 0 Å². The van der Waals surface area contributed by atoms with Gasteiger partial charge in [-0.1, -0.05) is 235 Å². The Hall–Kier alpha value is -12.5. The minimum absolute atomic E-state index is 0.00599. The lowest BCUT2D eigenvalue weighted by Crippen LogP contribution is -2.17. The van der Waals surface area contributed by atoms with E-state index in [4.69, 9.17) is 0 Å². The summed E-state index contributed by atoms with van der Waals surface area (Å²) in [6.45, 7) is 13.7. The minimum Gasteiger partial charge on any atom is -0.311 e. The number of anilines is 18. The lowest BCUT2D eigenvalue weighted by Gasteiger charge is -2.35. The van der Waals surface area contributed by atoms with Gasteiger partial charge in [0.1, 0.15) is 0 Å². The summed E-state index contributed by atoms with van der Waals surface area (Å²) in [4.78, 5) is 19.1. The fraction of sp³-hybridized carbons (Fsp3) is 0.0800. The normalized spacial score (nSPS) is 12.4. The van der Waals surface area contributed by atoms with Crippen LogP contribution in [0.15, 0.2) is 396 Å². The SMILES string of the molecule is CC(C)(C)c1ccc(N2c3ccc(-c4ccc5c(c4)Sc4cc(N(c6ccc(N(c7ccccc7)c7ccccc7)cc6)c6ccc7ccccc7c6)ccc4N5c4ccc(C(C)(C)C)cc4)cc3Sc3cc(N(c4ccc(N(c5ccccc5)c5ccccc5)cc4)c4ccc5ccccc5c4)ccc32)cc1. The smallest absolute Gasteiger partial charge is 0.0603 e. The van der Waals surface area contributed by atoms with E-state index in [1.165, 1.54) is 42.5 Å². The molecule has 0 saturated heterocycles. The molecule has 6 nitrogen and oxygen atoms in total. The summed E-state index contributed by atoms with van der Waals surface area (Å²) in [6, 6.07) is 138. The molecule has 0 radical (unpaired) electrons. The largest absolute Gasteiger partial charge is 0.311 e. The molecule has 16 aromatic rings. The number of nitrogens with zero attached hydrogens (tertiary/aromatic N) is 6. The van der Waals surface area contributed by atoms with Crippen LogP contribution in [-0.4, -0.2) is 0 Å². The van der Waals surface area contributed by atoms with Crippen LogP contribution < -0.4 is 29.4 Å². The highest BCUT2D eigenvalue weighted by Crippen LogP contribution is 2.57. The fourth-order valence-electron chi connectivity index (χ4n) is 15.2. The van der Waals surface area contributed by atoms with Gasteiger partial charge in [0.05, 0.1) is 22.7 Å². The van der Waals surface area contributed by atoms with E-state index < -0.39 is 0 Å². The van der Waals surface area contributed by atoms with Crippen LogP contribution in [-0.2, 0) is 10.8 Å². The van der Waals surface area contributed by atoms with E-state index in [2.05, 4.69) is 447 Å². The Kier molecular flexibility index (Phi) is 17.5. The summed E-state index contributed by atoms with van der Waals surface area (Å²) in [5.41, 5.74) is 24.6. The average molecular weight is 1430 g/mol. The maximum Gasteiger partial charge on any atom is 0.0603 e. The number of para-hydroxylation sites is 4. The molecule has 2 aliphatic heterocycles. The van der Waals surface area contributed by atoms with Gasteiger partial charge in [-0.3, -0.25) is 0 Å². The van der Waals surface area contributed by atoms with Crippen molar-refractivity contribution in [3.8, 4) is 11.1 Å². The summed E-state index contributed by atoms with van der Waals surface area (Å²) >= 11 is 3.70. The van der Waals surface area contributed by atoms with E-state index in [1.54, 1.807) is 0 Å². The number of fused-ring (bicyclic) bond motifs is 6. The Bertz CT molecular complexity index is 5510. The van der Waals surface area contributed by atoms with Gasteiger partial charge in [0.15, 0.2) is 0 Å². The highest BCUT2D eigenvalue weighted by Gasteiger charge is 2.32. The third-order valence-corrected chi connectivity index (χ3v) is 23.0. The second-order valence-corrected chi connectivity index (χ2v) is 32.1. The van der Waals surface area contributed by atoms with Crippen molar-refractivity contribution >= 4 is 147 Å². The van der Waals surface area contributed by atoms with E-state index >= 15 is 0 Å². The molecule has 0 amide bonds. The van der Waals surface area contributed by atoms with Crippen LogP contribution in [0.3, 0.4) is 0 Å². The van der Waals surface area contributed by atoms with Gasteiger partial charge in [-0.25, -0.2) is 0 Å². The zero-order chi connectivity index (χ0) is 73.0. The first kappa shape index (κ1) is 67.4. The van der Waals surface area contributed by atoms with Crippen molar-refractivity contribution < 1.29 is 0 Å². The highest BCUT2D eigenvalue weighted by atomic mass is 32.2. The van der Waals surface area contributed by atoms with Crippen LogP contribution in [0.5, 0.6) is 0 Å². The van der Waals surface area contributed by atoms with Gasteiger partial charge in [-0.2, -0.15) is 0 Å². The van der Waals surface area contributed by atoms with Crippen LogP contribution in [0.2, 0.25) is 0 Å². The van der Waals surface area contributed by atoms with Crippen molar-refractivity contribution in [3.63, 3.8) is 0 Å². The van der Waals surface area contributed by atoms with E-state index in [9.17, 15) is 0 Å². The molecule has 108 heavy (non-hydrogen) atoms. The van der Waals surface area contributed by atoms with Gasteiger partial charge in [0, 0.05) is 99.2 Å². The van der Waals surface area contributed by atoms with E-state index in [-0.39, 0.29) is 10.8 Å². The van der Waals surface area contributed by atoms with Gasteiger partial charge in [0.25, 0.3) is 0 Å². The molecule has 0 unspecified atom stereocenters. The predicted molar refractivity (Wildman–Crippen MR) is 461 cm³/mol. The number of benzene rings is 16. The Labute approximate surface area is 642 Å². The second kappa shape index (κ2) is 28.1. The van der Waals surface area contributed by atoms with Crippen LogP contribution in [0.4, 0.5) is 102 Å². The zero-order valence-electron chi connectivity index (χ0n) is 61.3. The van der Waals surface area contributed by atoms with Crippen molar-refractivity contribution in [2.45, 2.75) is 72.0 Å². The lowest BCUT2D eigenvalue weighted by atomic mass is 9.87. The van der Waals surface area contributed by atoms with Crippen molar-refractivity contribution in [2.24, 2.45) is 0 Å². The molecule has 0 N–H and O–H groups in total. The second-order valence-electron chi connectivity index (χ2n) is 29.9. The molecule has 18 rings (SSSR count). The number of hydrogen-bond acceptors (Lipinski definition) is 8. The Morgan fingerprint density at radius 2 is 0.444 bits per heavy atom.